The lowest BCUT2D eigenvalue weighted by Gasteiger charge is -2.16. The zero-order valence-electron chi connectivity index (χ0n) is 10.7. The van der Waals surface area contributed by atoms with E-state index in [0.29, 0.717) is 5.56 Å². The van der Waals surface area contributed by atoms with Crippen molar-refractivity contribution in [3.8, 4) is 0 Å². The van der Waals surface area contributed by atoms with Crippen LogP contribution in [0.25, 0.3) is 0 Å². The molecule has 1 atom stereocenters. The van der Waals surface area contributed by atoms with E-state index in [1.807, 2.05) is 20.0 Å². The van der Waals surface area contributed by atoms with E-state index in [-0.39, 0.29) is 11.9 Å². The van der Waals surface area contributed by atoms with Gasteiger partial charge in [-0.15, -0.1) is 0 Å². The molecule has 18 heavy (non-hydrogen) atoms. The third-order valence-corrected chi connectivity index (χ3v) is 2.91. The molecule has 4 heteroatoms. The molecule has 0 aliphatic carbocycles. The highest BCUT2D eigenvalue weighted by Gasteiger charge is 2.14. The molecule has 0 bridgehead atoms. The molecule has 1 N–H and O–H groups in total. The zero-order valence-corrected chi connectivity index (χ0v) is 10.7. The quantitative estimate of drug-likeness (QED) is 0.903. The summed E-state index contributed by atoms with van der Waals surface area (Å²) < 4.78 is 13.6. The first-order chi connectivity index (χ1) is 8.61. The Morgan fingerprint density at radius 1 is 1.17 bits per heavy atom. The molecule has 0 spiro atoms. The number of aryl methyl sites for hydroxylation is 2. The van der Waals surface area contributed by atoms with Crippen LogP contribution in [0.15, 0.2) is 30.6 Å². The average molecular weight is 245 g/mol. The first kappa shape index (κ1) is 12.6. The summed E-state index contributed by atoms with van der Waals surface area (Å²) in [7, 11) is 1.82. The van der Waals surface area contributed by atoms with Gasteiger partial charge in [0, 0.05) is 6.20 Å². The second-order valence-electron chi connectivity index (χ2n) is 4.31. The van der Waals surface area contributed by atoms with Gasteiger partial charge >= 0.3 is 0 Å². The second kappa shape index (κ2) is 5.23. The minimum Gasteiger partial charge on any atom is -0.308 e. The maximum absolute atomic E-state index is 13.6. The van der Waals surface area contributed by atoms with Gasteiger partial charge in [-0.05, 0) is 38.1 Å². The first-order valence-corrected chi connectivity index (χ1v) is 5.83. The van der Waals surface area contributed by atoms with Gasteiger partial charge in [-0.2, -0.15) is 0 Å². The third-order valence-electron chi connectivity index (χ3n) is 2.91. The van der Waals surface area contributed by atoms with E-state index >= 15 is 0 Å². The average Bonchev–Trinajstić information content (AvgIpc) is 2.37. The number of nitrogens with one attached hydrogen (secondary N) is 1. The SMILES string of the molecule is CNC(c1ccc(C)c(F)c1)c1cnc(C)cn1. The number of hydrogen-bond donors (Lipinski definition) is 1. The van der Waals surface area contributed by atoms with Crippen LogP contribution < -0.4 is 5.32 Å². The summed E-state index contributed by atoms with van der Waals surface area (Å²) in [6.07, 6.45) is 3.43. The number of aromatic nitrogens is 2. The molecular weight excluding hydrogens is 229 g/mol. The van der Waals surface area contributed by atoms with Crippen molar-refractivity contribution in [3.05, 3.63) is 58.9 Å². The maximum atomic E-state index is 13.6. The third kappa shape index (κ3) is 2.54. The molecule has 94 valence electrons. The minimum absolute atomic E-state index is 0.145. The molecule has 1 heterocycles. The number of halogens is 1. The van der Waals surface area contributed by atoms with Gasteiger partial charge in [-0.3, -0.25) is 9.97 Å². The lowest BCUT2D eigenvalue weighted by Crippen LogP contribution is -2.19. The molecule has 0 fully saturated rings. The van der Waals surface area contributed by atoms with Gasteiger partial charge in [-0.25, -0.2) is 4.39 Å². The van der Waals surface area contributed by atoms with Crippen LogP contribution in [0, 0.1) is 19.7 Å². The summed E-state index contributed by atoms with van der Waals surface area (Å²) in [4.78, 5) is 8.55. The Bertz CT molecular complexity index is 537. The van der Waals surface area contributed by atoms with Crippen LogP contribution in [0.2, 0.25) is 0 Å². The summed E-state index contributed by atoms with van der Waals surface area (Å²) in [6, 6.07) is 5.07. The molecule has 1 unspecified atom stereocenters. The number of rotatable bonds is 3. The Morgan fingerprint density at radius 2 is 1.94 bits per heavy atom. The Morgan fingerprint density at radius 3 is 2.50 bits per heavy atom. The fourth-order valence-corrected chi connectivity index (χ4v) is 1.83. The Hall–Kier alpha value is -1.81. The zero-order chi connectivity index (χ0) is 13.1. The molecule has 0 amide bonds. The highest BCUT2D eigenvalue weighted by atomic mass is 19.1. The smallest absolute Gasteiger partial charge is 0.126 e. The van der Waals surface area contributed by atoms with Crippen LogP contribution in [-0.4, -0.2) is 17.0 Å². The predicted molar refractivity (Wildman–Crippen MR) is 68.8 cm³/mol. The van der Waals surface area contributed by atoms with Crippen molar-refractivity contribution in [3.63, 3.8) is 0 Å². The molecule has 0 aliphatic heterocycles. The number of nitrogens with zero attached hydrogens (tertiary/aromatic N) is 2. The van der Waals surface area contributed by atoms with E-state index in [2.05, 4.69) is 15.3 Å². The van der Waals surface area contributed by atoms with E-state index < -0.39 is 0 Å². The lowest BCUT2D eigenvalue weighted by atomic mass is 10.0. The van der Waals surface area contributed by atoms with Crippen LogP contribution in [0.5, 0.6) is 0 Å². The standard InChI is InChI=1S/C14H16FN3/c1-9-4-5-11(6-12(9)15)14(16-3)13-8-17-10(2)7-18-13/h4-8,14,16H,1-3H3. The predicted octanol–water partition coefficient (Wildman–Crippen LogP) is 2.54. The van der Waals surface area contributed by atoms with E-state index in [4.69, 9.17) is 0 Å². The monoisotopic (exact) mass is 245 g/mol. The minimum atomic E-state index is -0.201. The van der Waals surface area contributed by atoms with Crippen molar-refractivity contribution in [2.45, 2.75) is 19.9 Å². The van der Waals surface area contributed by atoms with Crippen LogP contribution >= 0.6 is 0 Å². The number of benzene rings is 1. The Kier molecular flexibility index (Phi) is 3.67. The van der Waals surface area contributed by atoms with Gasteiger partial charge in [0.05, 0.1) is 23.6 Å². The molecule has 0 radical (unpaired) electrons. The molecule has 2 aromatic rings. The highest BCUT2D eigenvalue weighted by molar-refractivity contribution is 5.30. The normalized spacial score (nSPS) is 12.4. The first-order valence-electron chi connectivity index (χ1n) is 5.83. The van der Waals surface area contributed by atoms with Crippen LogP contribution in [0.4, 0.5) is 4.39 Å². The van der Waals surface area contributed by atoms with Crippen molar-refractivity contribution < 1.29 is 4.39 Å². The van der Waals surface area contributed by atoms with Gasteiger partial charge in [0.1, 0.15) is 5.82 Å². The fraction of sp³-hybridized carbons (Fsp3) is 0.286. The van der Waals surface area contributed by atoms with E-state index in [1.54, 1.807) is 25.4 Å². The molecule has 0 saturated heterocycles. The van der Waals surface area contributed by atoms with Gasteiger partial charge in [0.15, 0.2) is 0 Å². The van der Waals surface area contributed by atoms with Crippen LogP contribution in [0.1, 0.15) is 28.6 Å². The number of hydrogen-bond acceptors (Lipinski definition) is 3. The molecule has 3 nitrogen and oxygen atoms in total. The molecule has 1 aromatic heterocycles. The molecule has 0 saturated carbocycles. The highest BCUT2D eigenvalue weighted by Crippen LogP contribution is 2.21. The van der Waals surface area contributed by atoms with Gasteiger partial charge < -0.3 is 5.32 Å². The lowest BCUT2D eigenvalue weighted by molar-refractivity contribution is 0.605. The Balaban J connectivity index is 2.38. The largest absolute Gasteiger partial charge is 0.308 e. The van der Waals surface area contributed by atoms with Crippen LogP contribution in [0.3, 0.4) is 0 Å². The molecular formula is C14H16FN3. The maximum Gasteiger partial charge on any atom is 0.126 e. The van der Waals surface area contributed by atoms with Gasteiger partial charge in [-0.1, -0.05) is 12.1 Å². The topological polar surface area (TPSA) is 37.8 Å². The summed E-state index contributed by atoms with van der Waals surface area (Å²) in [5.74, 6) is -0.201. The summed E-state index contributed by atoms with van der Waals surface area (Å²) in [5.41, 5.74) is 3.14. The summed E-state index contributed by atoms with van der Waals surface area (Å²) in [5, 5.41) is 3.13. The molecule has 2 rings (SSSR count). The summed E-state index contributed by atoms with van der Waals surface area (Å²) in [6.45, 7) is 3.63. The van der Waals surface area contributed by atoms with Crippen molar-refractivity contribution in [1.29, 1.82) is 0 Å². The molecule has 0 aliphatic rings. The van der Waals surface area contributed by atoms with Crippen molar-refractivity contribution in [2.24, 2.45) is 0 Å². The van der Waals surface area contributed by atoms with E-state index in [1.165, 1.54) is 6.07 Å². The van der Waals surface area contributed by atoms with Crippen molar-refractivity contribution in [1.82, 2.24) is 15.3 Å². The van der Waals surface area contributed by atoms with Crippen LogP contribution in [-0.2, 0) is 0 Å². The van der Waals surface area contributed by atoms with Gasteiger partial charge in [0.2, 0.25) is 0 Å². The molecule has 1 aromatic carbocycles. The van der Waals surface area contributed by atoms with Gasteiger partial charge in [0.25, 0.3) is 0 Å². The van der Waals surface area contributed by atoms with E-state index in [9.17, 15) is 4.39 Å². The Labute approximate surface area is 106 Å². The van der Waals surface area contributed by atoms with E-state index in [0.717, 1.165) is 17.0 Å². The second-order valence-corrected chi connectivity index (χ2v) is 4.31. The van der Waals surface area contributed by atoms with Crippen molar-refractivity contribution >= 4 is 0 Å². The fourth-order valence-electron chi connectivity index (χ4n) is 1.83. The summed E-state index contributed by atoms with van der Waals surface area (Å²) >= 11 is 0. The van der Waals surface area contributed by atoms with Crippen molar-refractivity contribution in [2.75, 3.05) is 7.05 Å².